The van der Waals surface area contributed by atoms with Crippen molar-refractivity contribution < 1.29 is 21.8 Å². The fraction of sp³-hybridized carbons (Fsp3) is 0.611. The number of halogens is 1. The first-order chi connectivity index (χ1) is 11.7. The van der Waals surface area contributed by atoms with Crippen LogP contribution in [0, 0.1) is 23.1 Å². The monoisotopic (exact) mass is 367 g/mol. The van der Waals surface area contributed by atoms with E-state index in [4.69, 9.17) is 5.14 Å². The molecular formula is C18H22FNO4S. The van der Waals surface area contributed by atoms with Crippen molar-refractivity contribution in [2.45, 2.75) is 51.4 Å². The van der Waals surface area contributed by atoms with Crippen molar-refractivity contribution in [3.63, 3.8) is 0 Å². The maximum absolute atomic E-state index is 14.4. The predicted molar refractivity (Wildman–Crippen MR) is 89.8 cm³/mol. The van der Waals surface area contributed by atoms with Crippen molar-refractivity contribution in [3.05, 3.63) is 29.1 Å². The molecule has 0 aliphatic heterocycles. The van der Waals surface area contributed by atoms with Gasteiger partial charge in [-0.25, -0.2) is 4.39 Å². The van der Waals surface area contributed by atoms with Gasteiger partial charge >= 0.3 is 10.3 Å². The zero-order valence-corrected chi connectivity index (χ0v) is 14.9. The fourth-order valence-electron chi connectivity index (χ4n) is 5.53. The second kappa shape index (κ2) is 5.51. The average molecular weight is 367 g/mol. The third-order valence-electron chi connectivity index (χ3n) is 6.69. The van der Waals surface area contributed by atoms with Gasteiger partial charge < -0.3 is 4.18 Å². The summed E-state index contributed by atoms with van der Waals surface area (Å²) in [5.41, 5.74) is 1.65. The highest BCUT2D eigenvalue weighted by Gasteiger charge is 2.54. The minimum absolute atomic E-state index is 0.214. The summed E-state index contributed by atoms with van der Waals surface area (Å²) < 4.78 is 41.1. The van der Waals surface area contributed by atoms with Gasteiger partial charge in [-0.2, -0.15) is 13.6 Å². The average Bonchev–Trinajstić information content (AvgIpc) is 2.82. The van der Waals surface area contributed by atoms with Gasteiger partial charge in [0.2, 0.25) is 0 Å². The number of carbonyl (C=O) groups excluding carboxylic acids is 1. The van der Waals surface area contributed by atoms with Gasteiger partial charge in [0.1, 0.15) is 5.78 Å². The standard InChI is InChI=1S/C18H22FNO4S/c1-18-7-6-11-12(14(18)4-5-17(18)21)3-2-10-8-16(24-25(20,22)23)15(19)9-13(10)11/h8-9,11-12,14H,2-7H2,1H3,(H2,20,22,23)/t11-,12+,14-,18-/m0/s1. The molecule has 0 radical (unpaired) electrons. The zero-order chi connectivity index (χ0) is 18.0. The molecule has 4 atom stereocenters. The third kappa shape index (κ3) is 2.68. The molecule has 0 unspecified atom stereocenters. The largest absolute Gasteiger partial charge is 0.380 e. The number of aryl methyl sites for hydroxylation is 1. The Bertz CT molecular complexity index is 853. The van der Waals surface area contributed by atoms with Gasteiger partial charge in [0.05, 0.1) is 0 Å². The van der Waals surface area contributed by atoms with Crippen LogP contribution in [-0.4, -0.2) is 14.2 Å². The molecule has 2 saturated carbocycles. The van der Waals surface area contributed by atoms with Gasteiger partial charge in [0.25, 0.3) is 0 Å². The topological polar surface area (TPSA) is 86.5 Å². The van der Waals surface area contributed by atoms with E-state index < -0.39 is 16.1 Å². The summed E-state index contributed by atoms with van der Waals surface area (Å²) in [7, 11) is -4.25. The van der Waals surface area contributed by atoms with Crippen molar-refractivity contribution in [2.75, 3.05) is 0 Å². The van der Waals surface area contributed by atoms with Gasteiger partial charge in [0, 0.05) is 11.8 Å². The van der Waals surface area contributed by atoms with Crippen molar-refractivity contribution >= 4 is 16.1 Å². The van der Waals surface area contributed by atoms with Crippen LogP contribution in [0.15, 0.2) is 12.1 Å². The molecule has 0 spiro atoms. The first kappa shape index (κ1) is 17.0. The van der Waals surface area contributed by atoms with Crippen LogP contribution in [0.2, 0.25) is 0 Å². The number of benzene rings is 1. The number of carbonyl (C=O) groups is 1. The number of nitrogens with two attached hydrogens (primary N) is 1. The Labute approximate surface area is 147 Å². The molecule has 1 aromatic rings. The van der Waals surface area contributed by atoms with Crippen molar-refractivity contribution in [1.82, 2.24) is 0 Å². The molecule has 0 saturated heterocycles. The summed E-state index contributed by atoms with van der Waals surface area (Å²) in [6.07, 6.45) is 4.97. The molecule has 0 heterocycles. The SMILES string of the molecule is C[C@]12CC[C@@H]3c4cc(F)c(OS(N)(=O)=O)cc4CC[C@H]3[C@@H]1CCC2=O. The van der Waals surface area contributed by atoms with E-state index in [1.807, 2.05) is 0 Å². The summed E-state index contributed by atoms with van der Waals surface area (Å²) >= 11 is 0. The van der Waals surface area contributed by atoms with Gasteiger partial charge in [-0.3, -0.25) is 4.79 Å². The number of hydrogen-bond acceptors (Lipinski definition) is 4. The van der Waals surface area contributed by atoms with Crippen molar-refractivity contribution in [2.24, 2.45) is 22.4 Å². The van der Waals surface area contributed by atoms with E-state index in [1.165, 1.54) is 12.1 Å². The molecule has 5 nitrogen and oxygen atoms in total. The van der Waals surface area contributed by atoms with E-state index in [9.17, 15) is 17.6 Å². The summed E-state index contributed by atoms with van der Waals surface area (Å²) in [6.45, 7) is 2.10. The van der Waals surface area contributed by atoms with Gasteiger partial charge in [-0.1, -0.05) is 6.92 Å². The fourth-order valence-corrected chi connectivity index (χ4v) is 5.91. The number of fused-ring (bicyclic) bond motifs is 5. The molecular weight excluding hydrogens is 345 g/mol. The number of hydrogen-bond donors (Lipinski definition) is 1. The Hall–Kier alpha value is -1.47. The van der Waals surface area contributed by atoms with E-state index in [-0.39, 0.29) is 17.1 Å². The van der Waals surface area contributed by atoms with Crippen LogP contribution in [0.25, 0.3) is 0 Å². The van der Waals surface area contributed by atoms with Crippen LogP contribution in [0.4, 0.5) is 4.39 Å². The quantitative estimate of drug-likeness (QED) is 0.871. The predicted octanol–water partition coefficient (Wildman–Crippen LogP) is 2.83. The Morgan fingerprint density at radius 3 is 2.72 bits per heavy atom. The summed E-state index contributed by atoms with van der Waals surface area (Å²) in [5, 5.41) is 4.86. The van der Waals surface area contributed by atoms with E-state index in [0.717, 1.165) is 43.2 Å². The molecule has 0 amide bonds. The molecule has 1 aromatic carbocycles. The highest BCUT2D eigenvalue weighted by molar-refractivity contribution is 7.84. The third-order valence-corrected chi connectivity index (χ3v) is 7.10. The lowest BCUT2D eigenvalue weighted by molar-refractivity contribution is -0.129. The Morgan fingerprint density at radius 2 is 2.00 bits per heavy atom. The Balaban J connectivity index is 1.69. The number of rotatable bonds is 2. The molecule has 0 aromatic heterocycles. The minimum atomic E-state index is -4.25. The lowest BCUT2D eigenvalue weighted by atomic mass is 9.55. The maximum atomic E-state index is 14.4. The smallest absolute Gasteiger partial charge is 0.368 e. The molecule has 3 aliphatic carbocycles. The summed E-state index contributed by atoms with van der Waals surface area (Å²) in [5.74, 6) is 0.327. The molecule has 3 aliphatic rings. The van der Waals surface area contributed by atoms with E-state index in [0.29, 0.717) is 24.0 Å². The first-order valence-corrected chi connectivity index (χ1v) is 10.2. The molecule has 0 bridgehead atoms. The van der Waals surface area contributed by atoms with Crippen molar-refractivity contribution in [1.29, 1.82) is 0 Å². The Kier molecular flexibility index (Phi) is 3.74. The van der Waals surface area contributed by atoms with E-state index >= 15 is 0 Å². The zero-order valence-electron chi connectivity index (χ0n) is 14.1. The molecule has 136 valence electrons. The van der Waals surface area contributed by atoms with Gasteiger partial charge in [0.15, 0.2) is 11.6 Å². The van der Waals surface area contributed by atoms with Crippen LogP contribution < -0.4 is 9.32 Å². The Morgan fingerprint density at radius 1 is 1.24 bits per heavy atom. The summed E-state index contributed by atoms with van der Waals surface area (Å²) in [6, 6.07) is 2.88. The molecule has 2 N–H and O–H groups in total. The summed E-state index contributed by atoms with van der Waals surface area (Å²) in [4.78, 5) is 12.3. The van der Waals surface area contributed by atoms with Crippen molar-refractivity contribution in [3.8, 4) is 5.75 Å². The van der Waals surface area contributed by atoms with E-state index in [2.05, 4.69) is 11.1 Å². The molecule has 7 heteroatoms. The van der Waals surface area contributed by atoms with Crippen LogP contribution in [0.1, 0.15) is 56.1 Å². The van der Waals surface area contributed by atoms with Crippen LogP contribution >= 0.6 is 0 Å². The first-order valence-electron chi connectivity index (χ1n) is 8.77. The van der Waals surface area contributed by atoms with Crippen LogP contribution in [0.5, 0.6) is 5.75 Å². The molecule has 2 fully saturated rings. The van der Waals surface area contributed by atoms with Crippen LogP contribution in [0.3, 0.4) is 0 Å². The van der Waals surface area contributed by atoms with Gasteiger partial charge in [-0.05, 0) is 73.1 Å². The normalized spacial score (nSPS) is 34.2. The second-order valence-corrected chi connectivity index (χ2v) is 9.04. The molecule has 25 heavy (non-hydrogen) atoms. The highest BCUT2D eigenvalue weighted by Crippen LogP contribution is 2.59. The molecule has 4 rings (SSSR count). The lowest BCUT2D eigenvalue weighted by Crippen LogP contribution is -2.42. The second-order valence-electron chi connectivity index (χ2n) is 7.89. The number of Topliss-reactive ketones (excluding diaryl/α,β-unsaturated/α-hetero) is 1. The highest BCUT2D eigenvalue weighted by atomic mass is 32.2. The number of ketones is 1. The van der Waals surface area contributed by atoms with Gasteiger partial charge in [-0.15, -0.1) is 0 Å². The lowest BCUT2D eigenvalue weighted by Gasteiger charge is -2.48. The minimum Gasteiger partial charge on any atom is -0.368 e. The van der Waals surface area contributed by atoms with E-state index in [1.54, 1.807) is 0 Å². The van der Waals surface area contributed by atoms with Crippen LogP contribution in [-0.2, 0) is 21.5 Å². The maximum Gasteiger partial charge on any atom is 0.380 e.